The lowest BCUT2D eigenvalue weighted by Crippen LogP contribution is -2.22. The minimum atomic E-state index is 0.150. The molecule has 1 atom stereocenters. The Bertz CT molecular complexity index is 2710. The number of anilines is 1. The number of benzene rings is 6. The van der Waals surface area contributed by atoms with Gasteiger partial charge in [0, 0.05) is 22.1 Å². The van der Waals surface area contributed by atoms with Gasteiger partial charge in [-0.25, -0.2) is 15.0 Å². The minimum absolute atomic E-state index is 0.150. The Balaban J connectivity index is 1.05. The Morgan fingerprint density at radius 2 is 1.10 bits per heavy atom. The first-order chi connectivity index (χ1) is 25.2. The van der Waals surface area contributed by atoms with Crippen LogP contribution in [0, 0.1) is 0 Å². The highest BCUT2D eigenvalue weighted by Crippen LogP contribution is 2.40. The molecule has 5 nitrogen and oxygen atoms in total. The second-order valence-corrected chi connectivity index (χ2v) is 12.9. The maximum atomic E-state index is 6.24. The van der Waals surface area contributed by atoms with E-state index in [0.29, 0.717) is 17.5 Å². The molecule has 1 unspecified atom stereocenters. The van der Waals surface area contributed by atoms with E-state index in [0.717, 1.165) is 61.0 Å². The molecule has 51 heavy (non-hydrogen) atoms. The van der Waals surface area contributed by atoms with E-state index in [9.17, 15) is 0 Å². The first-order valence-corrected chi connectivity index (χ1v) is 17.1. The van der Waals surface area contributed by atoms with Crippen molar-refractivity contribution in [3.8, 4) is 56.4 Å². The average molecular weight is 655 g/mol. The molecule has 0 saturated carbocycles. The van der Waals surface area contributed by atoms with Gasteiger partial charge in [-0.2, -0.15) is 0 Å². The summed E-state index contributed by atoms with van der Waals surface area (Å²) in [5.41, 5.74) is 10.5. The van der Waals surface area contributed by atoms with E-state index >= 15 is 0 Å². The number of allylic oxidation sites excluding steroid dienone is 2. The molecule has 240 valence electrons. The lowest BCUT2D eigenvalue weighted by molar-refractivity contribution is 0.602. The maximum Gasteiger partial charge on any atom is 0.164 e. The smallest absolute Gasteiger partial charge is 0.164 e. The molecule has 1 aliphatic heterocycles. The number of hydrogen-bond acceptors (Lipinski definition) is 5. The van der Waals surface area contributed by atoms with Crippen molar-refractivity contribution in [2.75, 3.05) is 5.32 Å². The fourth-order valence-corrected chi connectivity index (χ4v) is 7.20. The van der Waals surface area contributed by atoms with Crippen LogP contribution in [-0.2, 0) is 0 Å². The molecule has 2 aliphatic rings. The van der Waals surface area contributed by atoms with E-state index in [1.165, 1.54) is 16.7 Å². The van der Waals surface area contributed by atoms with Gasteiger partial charge in [0.05, 0.1) is 11.7 Å². The summed E-state index contributed by atoms with van der Waals surface area (Å²) in [6.07, 6.45) is 10.6. The number of nitrogens with zero attached hydrogens (tertiary/aromatic N) is 3. The van der Waals surface area contributed by atoms with Gasteiger partial charge in [0.1, 0.15) is 5.58 Å². The Morgan fingerprint density at radius 1 is 0.490 bits per heavy atom. The zero-order valence-electron chi connectivity index (χ0n) is 27.5. The van der Waals surface area contributed by atoms with E-state index in [2.05, 4.69) is 139 Å². The Labute approximate surface area is 295 Å². The molecule has 6 aromatic carbocycles. The summed E-state index contributed by atoms with van der Waals surface area (Å²) < 4.78 is 6.24. The van der Waals surface area contributed by atoms with Gasteiger partial charge in [0.2, 0.25) is 0 Å². The largest absolute Gasteiger partial charge is 0.454 e. The summed E-state index contributed by atoms with van der Waals surface area (Å²) in [5, 5.41) is 7.00. The highest BCUT2D eigenvalue weighted by molar-refractivity contribution is 6.04. The second-order valence-electron chi connectivity index (χ2n) is 12.9. The number of furan rings is 1. The van der Waals surface area contributed by atoms with E-state index in [1.807, 2.05) is 36.4 Å². The predicted molar refractivity (Wildman–Crippen MR) is 208 cm³/mol. The summed E-state index contributed by atoms with van der Waals surface area (Å²) in [5.74, 6) is 2.77. The molecule has 0 bridgehead atoms. The van der Waals surface area contributed by atoms with Crippen LogP contribution in [0.1, 0.15) is 5.76 Å². The van der Waals surface area contributed by atoms with Gasteiger partial charge in [-0.15, -0.1) is 0 Å². The number of hydrogen-bond donors (Lipinski definition) is 1. The molecule has 5 heteroatoms. The average Bonchev–Trinajstić information content (AvgIpc) is 3.56. The lowest BCUT2D eigenvalue weighted by Gasteiger charge is -2.23. The van der Waals surface area contributed by atoms with Crippen LogP contribution in [0.15, 0.2) is 174 Å². The quantitative estimate of drug-likeness (QED) is 0.200. The molecule has 3 heterocycles. The fraction of sp³-hybridized carbons (Fsp3) is 0.0217. The van der Waals surface area contributed by atoms with Gasteiger partial charge >= 0.3 is 0 Å². The van der Waals surface area contributed by atoms with Crippen molar-refractivity contribution in [3.05, 3.63) is 175 Å². The first-order valence-electron chi connectivity index (χ1n) is 17.1. The summed E-state index contributed by atoms with van der Waals surface area (Å²) in [4.78, 5) is 15.2. The van der Waals surface area contributed by atoms with Gasteiger partial charge < -0.3 is 9.73 Å². The van der Waals surface area contributed by atoms with Gasteiger partial charge in [-0.3, -0.25) is 0 Å². The van der Waals surface area contributed by atoms with Gasteiger partial charge in [0.25, 0.3) is 0 Å². The van der Waals surface area contributed by atoms with Crippen LogP contribution < -0.4 is 5.32 Å². The molecule has 8 aromatic rings. The van der Waals surface area contributed by atoms with Crippen LogP contribution in [0.4, 0.5) is 5.69 Å². The molecule has 1 aliphatic carbocycles. The van der Waals surface area contributed by atoms with Crippen molar-refractivity contribution in [1.29, 1.82) is 0 Å². The highest BCUT2D eigenvalue weighted by Gasteiger charge is 2.24. The number of fused-ring (bicyclic) bond motifs is 5. The zero-order valence-corrected chi connectivity index (χ0v) is 27.5. The molecule has 0 amide bonds. The number of nitrogens with one attached hydrogen (secondary N) is 1. The minimum Gasteiger partial charge on any atom is -0.454 e. The molecule has 1 N–H and O–H groups in total. The van der Waals surface area contributed by atoms with E-state index < -0.39 is 0 Å². The third-order valence-corrected chi connectivity index (χ3v) is 9.77. The third kappa shape index (κ3) is 5.15. The maximum absolute atomic E-state index is 6.24. The van der Waals surface area contributed by atoms with Crippen LogP contribution >= 0.6 is 0 Å². The van der Waals surface area contributed by atoms with Crippen molar-refractivity contribution in [3.63, 3.8) is 0 Å². The topological polar surface area (TPSA) is 63.8 Å². The van der Waals surface area contributed by atoms with Crippen LogP contribution in [0.5, 0.6) is 0 Å². The lowest BCUT2D eigenvalue weighted by atomic mass is 9.94. The molecular formula is C46H30N4O. The van der Waals surface area contributed by atoms with Gasteiger partial charge in [-0.1, -0.05) is 146 Å². The summed E-state index contributed by atoms with van der Waals surface area (Å²) >= 11 is 0. The zero-order chi connectivity index (χ0) is 33.7. The summed E-state index contributed by atoms with van der Waals surface area (Å²) in [6, 6.07) is 48.4. The van der Waals surface area contributed by atoms with E-state index in [-0.39, 0.29) is 6.04 Å². The SMILES string of the molecule is C1=CC2=Cc3oc4ccc(-c5ccc(-c6nc(-c7ccccc7)nc(-c7ccc(-c8ccccc8)c8ccccc78)n6)cc5)cc4c3NC2C=C1. The third-order valence-electron chi connectivity index (χ3n) is 9.77. The predicted octanol–water partition coefficient (Wildman–Crippen LogP) is 11.4. The number of rotatable bonds is 5. The molecule has 0 saturated heterocycles. The van der Waals surface area contributed by atoms with Crippen molar-refractivity contribution < 1.29 is 4.42 Å². The normalized spacial score (nSPS) is 14.6. The van der Waals surface area contributed by atoms with Crippen molar-refractivity contribution in [2.24, 2.45) is 0 Å². The molecule has 2 aromatic heterocycles. The highest BCUT2D eigenvalue weighted by atomic mass is 16.3. The molecule has 0 fully saturated rings. The Kier molecular flexibility index (Phi) is 6.81. The Morgan fingerprint density at radius 3 is 1.86 bits per heavy atom. The van der Waals surface area contributed by atoms with Crippen molar-refractivity contribution >= 4 is 33.5 Å². The standard InChI is InChI=1S/C46H30N4O/c1-3-11-30(12-4-1)35-24-25-38(37-17-9-8-16-36(35)37)46-49-44(31-13-5-2-6-14-31)48-45(50-46)32-21-19-29(20-22-32)33-23-26-41-39(27-33)43-42(51-41)28-34-15-7-10-18-40(34)47-43/h1-28,40,47H. The molecule has 0 radical (unpaired) electrons. The second kappa shape index (κ2) is 11.9. The molecular weight excluding hydrogens is 625 g/mol. The summed E-state index contributed by atoms with van der Waals surface area (Å²) in [6.45, 7) is 0. The molecule has 0 spiro atoms. The van der Waals surface area contributed by atoms with Gasteiger partial charge in [0.15, 0.2) is 23.2 Å². The first kappa shape index (κ1) is 29.1. The van der Waals surface area contributed by atoms with Crippen LogP contribution in [0.2, 0.25) is 0 Å². The van der Waals surface area contributed by atoms with E-state index in [1.54, 1.807) is 0 Å². The van der Waals surface area contributed by atoms with Crippen LogP contribution in [0.25, 0.3) is 84.2 Å². The van der Waals surface area contributed by atoms with Gasteiger partial charge in [-0.05, 0) is 62.9 Å². The van der Waals surface area contributed by atoms with Crippen LogP contribution in [-0.4, -0.2) is 21.0 Å². The Hall–Kier alpha value is -6.85. The molecule has 10 rings (SSSR count). The van der Waals surface area contributed by atoms with Crippen molar-refractivity contribution in [1.82, 2.24) is 15.0 Å². The van der Waals surface area contributed by atoms with Crippen LogP contribution in [0.3, 0.4) is 0 Å². The monoisotopic (exact) mass is 654 g/mol. The van der Waals surface area contributed by atoms with E-state index in [4.69, 9.17) is 19.4 Å². The van der Waals surface area contributed by atoms with Crippen molar-refractivity contribution in [2.45, 2.75) is 6.04 Å². The summed E-state index contributed by atoms with van der Waals surface area (Å²) in [7, 11) is 0. The number of aromatic nitrogens is 3. The fourth-order valence-electron chi connectivity index (χ4n) is 7.20.